The molecule has 12 rings (SSSR count). The van der Waals surface area contributed by atoms with Gasteiger partial charge in [-0.2, -0.15) is 0 Å². The fraction of sp³-hybridized carbons (Fsp3) is 0.0545. The van der Waals surface area contributed by atoms with Gasteiger partial charge in [-0.05, 0) is 92.0 Å². The van der Waals surface area contributed by atoms with Crippen LogP contribution in [0, 0.1) is 0 Å². The molecule has 3 heteroatoms. The first-order valence-electron chi connectivity index (χ1n) is 20.1. The number of rotatable bonds is 4. The van der Waals surface area contributed by atoms with Crippen LogP contribution < -0.4 is 0 Å². The Kier molecular flexibility index (Phi) is 6.98. The van der Waals surface area contributed by atoms with Crippen molar-refractivity contribution < 1.29 is 0 Å². The van der Waals surface area contributed by atoms with Crippen molar-refractivity contribution in [3.05, 3.63) is 199 Å². The number of fused-ring (bicyclic) bond motifs is 9. The minimum atomic E-state index is -0.111. The van der Waals surface area contributed by atoms with E-state index < -0.39 is 0 Å². The normalized spacial score (nSPS) is 13.1. The summed E-state index contributed by atoms with van der Waals surface area (Å²) in [6.07, 6.45) is 0. The highest BCUT2D eigenvalue weighted by Gasteiger charge is 2.35. The van der Waals surface area contributed by atoms with E-state index in [4.69, 9.17) is 9.97 Å². The predicted molar refractivity (Wildman–Crippen MR) is 243 cm³/mol. The van der Waals surface area contributed by atoms with E-state index in [2.05, 4.69) is 206 Å². The van der Waals surface area contributed by atoms with Crippen molar-refractivity contribution in [3.63, 3.8) is 0 Å². The summed E-state index contributed by atoms with van der Waals surface area (Å²) in [6, 6.07) is 68.3. The minimum Gasteiger partial charge on any atom is -0.309 e. The van der Waals surface area contributed by atoms with Gasteiger partial charge in [-0.1, -0.05) is 159 Å². The molecule has 0 aliphatic heterocycles. The zero-order valence-electron chi connectivity index (χ0n) is 32.2. The SMILES string of the molecule is CC1(C)c2ccccc2-c2ccc(-c3nc(-c4ccc(-n5c6cc7ccccc7cc6c6c(-c7ccccc7)cccc65)c5ccccc45)nc4ccccc34)cc21. The Hall–Kier alpha value is -7.36. The quantitative estimate of drug-likeness (QED) is 0.180. The first-order valence-corrected chi connectivity index (χ1v) is 20.1. The Bertz CT molecular complexity index is 3480. The predicted octanol–water partition coefficient (Wildman–Crippen LogP) is 14.3. The third-order valence-electron chi connectivity index (χ3n) is 12.6. The molecule has 9 aromatic carbocycles. The summed E-state index contributed by atoms with van der Waals surface area (Å²) in [7, 11) is 0. The molecule has 0 spiro atoms. The van der Waals surface area contributed by atoms with Crippen LogP contribution >= 0.6 is 0 Å². The fourth-order valence-corrected chi connectivity index (χ4v) is 9.81. The number of hydrogen-bond acceptors (Lipinski definition) is 2. The molecule has 0 unspecified atom stereocenters. The van der Waals surface area contributed by atoms with Crippen LogP contribution in [0.3, 0.4) is 0 Å². The van der Waals surface area contributed by atoms with E-state index in [1.54, 1.807) is 0 Å². The Morgan fingerprint density at radius 3 is 1.95 bits per heavy atom. The molecule has 272 valence electrons. The van der Waals surface area contributed by atoms with Crippen LogP contribution in [0.2, 0.25) is 0 Å². The summed E-state index contributed by atoms with van der Waals surface area (Å²) in [4.78, 5) is 10.7. The van der Waals surface area contributed by atoms with E-state index >= 15 is 0 Å². The van der Waals surface area contributed by atoms with E-state index in [9.17, 15) is 0 Å². The second-order valence-corrected chi connectivity index (χ2v) is 16.1. The van der Waals surface area contributed by atoms with Gasteiger partial charge in [0.1, 0.15) is 0 Å². The molecule has 0 radical (unpaired) electrons. The van der Waals surface area contributed by atoms with Gasteiger partial charge in [0.05, 0.1) is 27.9 Å². The third kappa shape index (κ3) is 4.74. The summed E-state index contributed by atoms with van der Waals surface area (Å²) in [5.74, 6) is 0.721. The van der Waals surface area contributed by atoms with Gasteiger partial charge >= 0.3 is 0 Å². The van der Waals surface area contributed by atoms with E-state index in [-0.39, 0.29) is 5.41 Å². The molecule has 0 bridgehead atoms. The van der Waals surface area contributed by atoms with Crippen molar-refractivity contribution in [1.82, 2.24) is 14.5 Å². The van der Waals surface area contributed by atoms with Gasteiger partial charge < -0.3 is 4.57 Å². The molecular formula is C55H37N3. The van der Waals surface area contributed by atoms with Crippen LogP contribution in [0.1, 0.15) is 25.0 Å². The van der Waals surface area contributed by atoms with Gasteiger partial charge in [0.15, 0.2) is 5.82 Å². The van der Waals surface area contributed by atoms with E-state index in [1.165, 1.54) is 66.0 Å². The molecule has 0 atom stereocenters. The molecule has 2 aromatic heterocycles. The van der Waals surface area contributed by atoms with Gasteiger partial charge in [-0.3, -0.25) is 0 Å². The maximum atomic E-state index is 5.47. The Labute approximate surface area is 336 Å². The molecule has 0 amide bonds. The molecule has 2 heterocycles. The lowest BCUT2D eigenvalue weighted by Gasteiger charge is -2.22. The number of benzene rings is 9. The van der Waals surface area contributed by atoms with Crippen LogP contribution in [0.5, 0.6) is 0 Å². The fourth-order valence-electron chi connectivity index (χ4n) is 9.81. The molecule has 3 nitrogen and oxygen atoms in total. The molecular weight excluding hydrogens is 703 g/mol. The molecule has 1 aliphatic carbocycles. The van der Waals surface area contributed by atoms with Crippen molar-refractivity contribution in [3.8, 4) is 50.6 Å². The topological polar surface area (TPSA) is 30.7 Å². The van der Waals surface area contributed by atoms with Crippen molar-refractivity contribution in [1.29, 1.82) is 0 Å². The smallest absolute Gasteiger partial charge is 0.161 e. The highest BCUT2D eigenvalue weighted by Crippen LogP contribution is 2.50. The molecule has 0 fully saturated rings. The largest absolute Gasteiger partial charge is 0.309 e. The zero-order chi connectivity index (χ0) is 38.5. The standard InChI is InChI=1S/C55H37N3/c1-55(2)46-24-12-10-20-40(46)41-28-27-37(32-47(41)55)53-44-22-11-13-25-48(44)56-54(57-53)43-29-30-49(42-21-9-8-19-39(42)43)58-50-26-14-23-38(34-15-4-3-5-16-34)52(50)45-31-35-17-6-7-18-36(35)33-51(45)58/h3-33H,1-2H3. The van der Waals surface area contributed by atoms with Crippen LogP contribution in [-0.2, 0) is 5.41 Å². The third-order valence-corrected chi connectivity index (χ3v) is 12.6. The van der Waals surface area contributed by atoms with Crippen molar-refractivity contribution in [2.75, 3.05) is 0 Å². The summed E-state index contributed by atoms with van der Waals surface area (Å²) >= 11 is 0. The second-order valence-electron chi connectivity index (χ2n) is 16.1. The van der Waals surface area contributed by atoms with Crippen molar-refractivity contribution in [2.45, 2.75) is 19.3 Å². The lowest BCUT2D eigenvalue weighted by molar-refractivity contribution is 0.660. The Balaban J connectivity index is 1.09. The van der Waals surface area contributed by atoms with Crippen LogP contribution in [-0.4, -0.2) is 14.5 Å². The maximum Gasteiger partial charge on any atom is 0.161 e. The van der Waals surface area contributed by atoms with E-state index in [0.29, 0.717) is 0 Å². The average molecular weight is 740 g/mol. The minimum absolute atomic E-state index is 0.111. The summed E-state index contributed by atoms with van der Waals surface area (Å²) < 4.78 is 2.46. The van der Waals surface area contributed by atoms with Crippen LogP contribution in [0.25, 0.3) is 105 Å². The first-order chi connectivity index (χ1) is 28.5. The lowest BCUT2D eigenvalue weighted by Crippen LogP contribution is -2.15. The van der Waals surface area contributed by atoms with Crippen LogP contribution in [0.4, 0.5) is 0 Å². The lowest BCUT2D eigenvalue weighted by atomic mass is 9.82. The number of aromatic nitrogens is 3. The second kappa shape index (κ2) is 12.3. The molecule has 0 N–H and O–H groups in total. The maximum absolute atomic E-state index is 5.47. The number of hydrogen-bond donors (Lipinski definition) is 0. The van der Waals surface area contributed by atoms with Gasteiger partial charge in [0.2, 0.25) is 0 Å². The van der Waals surface area contributed by atoms with Gasteiger partial charge in [0, 0.05) is 38.1 Å². The van der Waals surface area contributed by atoms with Crippen molar-refractivity contribution in [2.24, 2.45) is 0 Å². The van der Waals surface area contributed by atoms with Gasteiger partial charge in [0.25, 0.3) is 0 Å². The highest BCUT2D eigenvalue weighted by molar-refractivity contribution is 6.19. The zero-order valence-corrected chi connectivity index (χ0v) is 32.2. The van der Waals surface area contributed by atoms with E-state index in [1.807, 2.05) is 0 Å². The molecule has 0 saturated heterocycles. The molecule has 58 heavy (non-hydrogen) atoms. The monoisotopic (exact) mass is 739 g/mol. The van der Waals surface area contributed by atoms with E-state index in [0.717, 1.165) is 50.0 Å². The first kappa shape index (κ1) is 32.8. The summed E-state index contributed by atoms with van der Waals surface area (Å²) in [6.45, 7) is 4.67. The molecule has 11 aromatic rings. The van der Waals surface area contributed by atoms with Gasteiger partial charge in [-0.25, -0.2) is 9.97 Å². The molecule has 1 aliphatic rings. The average Bonchev–Trinajstić information content (AvgIpc) is 3.72. The Morgan fingerprint density at radius 1 is 0.414 bits per heavy atom. The van der Waals surface area contributed by atoms with Gasteiger partial charge in [-0.15, -0.1) is 0 Å². The Morgan fingerprint density at radius 2 is 1.09 bits per heavy atom. The van der Waals surface area contributed by atoms with Crippen molar-refractivity contribution >= 4 is 54.3 Å². The number of nitrogens with zero attached hydrogens (tertiary/aromatic N) is 3. The molecule has 0 saturated carbocycles. The summed E-state index contributed by atoms with van der Waals surface area (Å²) in [5, 5.41) is 8.26. The van der Waals surface area contributed by atoms with Crippen LogP contribution in [0.15, 0.2) is 188 Å². The summed E-state index contributed by atoms with van der Waals surface area (Å²) in [5.41, 5.74) is 15.1. The highest BCUT2D eigenvalue weighted by atomic mass is 15.0. The number of para-hydroxylation sites is 1.